The average molecular weight is 591 g/mol. The predicted octanol–water partition coefficient (Wildman–Crippen LogP) is 5.32. The van der Waals surface area contributed by atoms with Crippen LogP contribution < -0.4 is 9.62 Å². The van der Waals surface area contributed by atoms with Gasteiger partial charge in [0.2, 0.25) is 21.8 Å². The highest BCUT2D eigenvalue weighted by Gasteiger charge is 2.33. The Morgan fingerprint density at radius 1 is 0.897 bits per heavy atom. The number of anilines is 1. The number of hydrogen-bond acceptors (Lipinski definition) is 4. The molecule has 0 aromatic heterocycles. The van der Waals surface area contributed by atoms with Gasteiger partial charge < -0.3 is 10.2 Å². The molecule has 1 N–H and O–H groups in total. The van der Waals surface area contributed by atoms with Gasteiger partial charge in [0, 0.05) is 19.5 Å². The summed E-state index contributed by atoms with van der Waals surface area (Å²) in [6.07, 6.45) is 2.99. The number of carbonyl (C=O) groups is 2. The first-order valence-electron chi connectivity index (χ1n) is 12.7. The monoisotopic (exact) mass is 589 g/mol. The van der Waals surface area contributed by atoms with Crippen LogP contribution in [0.5, 0.6) is 0 Å². The molecule has 208 valence electrons. The van der Waals surface area contributed by atoms with Crippen molar-refractivity contribution in [1.82, 2.24) is 10.2 Å². The first-order valence-corrected chi connectivity index (χ1v) is 15.3. The van der Waals surface area contributed by atoms with Gasteiger partial charge >= 0.3 is 0 Å². The summed E-state index contributed by atoms with van der Waals surface area (Å²) in [6, 6.07) is 22.2. The zero-order valence-corrected chi connectivity index (χ0v) is 24.3. The number of benzene rings is 3. The van der Waals surface area contributed by atoms with Crippen LogP contribution in [0.15, 0.2) is 78.9 Å². The third-order valence-electron chi connectivity index (χ3n) is 6.17. The molecule has 2 amide bonds. The first-order chi connectivity index (χ1) is 18.6. The van der Waals surface area contributed by atoms with Gasteiger partial charge in [-0.15, -0.1) is 0 Å². The second-order valence-electron chi connectivity index (χ2n) is 9.23. The lowest BCUT2D eigenvalue weighted by Gasteiger charge is -2.33. The minimum absolute atomic E-state index is 0.122. The number of unbranched alkanes of at least 4 members (excludes halogenated alkanes) is 1. The first kappa shape index (κ1) is 30.5. The van der Waals surface area contributed by atoms with Crippen molar-refractivity contribution in [2.24, 2.45) is 0 Å². The molecule has 3 aromatic carbocycles. The highest BCUT2D eigenvalue weighted by atomic mass is 35.5. The van der Waals surface area contributed by atoms with E-state index in [1.165, 1.54) is 23.1 Å². The topological polar surface area (TPSA) is 86.8 Å². The Balaban J connectivity index is 2.02. The molecular formula is C29H33Cl2N3O4S. The van der Waals surface area contributed by atoms with E-state index >= 15 is 0 Å². The Kier molecular flexibility index (Phi) is 11.2. The van der Waals surface area contributed by atoms with Crippen LogP contribution in [-0.4, -0.2) is 50.5 Å². The van der Waals surface area contributed by atoms with Crippen molar-refractivity contribution in [3.63, 3.8) is 0 Å². The summed E-state index contributed by atoms with van der Waals surface area (Å²) in [5.41, 5.74) is 1.89. The van der Waals surface area contributed by atoms with Gasteiger partial charge in [0.15, 0.2) is 0 Å². The van der Waals surface area contributed by atoms with Crippen LogP contribution in [0.4, 0.5) is 5.69 Å². The number of rotatable bonds is 13. The van der Waals surface area contributed by atoms with Gasteiger partial charge in [-0.2, -0.15) is 0 Å². The molecule has 0 spiro atoms. The number of halogens is 2. The van der Waals surface area contributed by atoms with Crippen molar-refractivity contribution in [2.75, 3.05) is 23.7 Å². The van der Waals surface area contributed by atoms with Gasteiger partial charge in [0.1, 0.15) is 12.6 Å². The van der Waals surface area contributed by atoms with Crippen LogP contribution in [0, 0.1) is 0 Å². The second-order valence-corrected chi connectivity index (χ2v) is 11.9. The van der Waals surface area contributed by atoms with E-state index in [-0.39, 0.29) is 34.6 Å². The van der Waals surface area contributed by atoms with Crippen LogP contribution in [0.3, 0.4) is 0 Å². The van der Waals surface area contributed by atoms with Crippen molar-refractivity contribution in [1.29, 1.82) is 0 Å². The van der Waals surface area contributed by atoms with Crippen molar-refractivity contribution < 1.29 is 18.0 Å². The predicted molar refractivity (Wildman–Crippen MR) is 157 cm³/mol. The summed E-state index contributed by atoms with van der Waals surface area (Å²) in [5.74, 6) is -0.820. The van der Waals surface area contributed by atoms with E-state index < -0.39 is 28.5 Å². The lowest BCUT2D eigenvalue weighted by Crippen LogP contribution is -2.53. The normalized spacial score (nSPS) is 12.0. The molecule has 0 bridgehead atoms. The molecule has 3 aromatic rings. The molecule has 1 unspecified atom stereocenters. The summed E-state index contributed by atoms with van der Waals surface area (Å²) >= 11 is 12.2. The molecule has 7 nitrogen and oxygen atoms in total. The van der Waals surface area contributed by atoms with Gasteiger partial charge in [0.25, 0.3) is 0 Å². The molecule has 10 heteroatoms. The number of nitrogens with zero attached hydrogens (tertiary/aromatic N) is 2. The largest absolute Gasteiger partial charge is 0.354 e. The minimum Gasteiger partial charge on any atom is -0.354 e. The number of nitrogens with one attached hydrogen (secondary N) is 1. The number of sulfonamides is 1. The second kappa shape index (κ2) is 14.4. The van der Waals surface area contributed by atoms with Gasteiger partial charge in [-0.25, -0.2) is 8.42 Å². The van der Waals surface area contributed by atoms with E-state index in [1.54, 1.807) is 0 Å². The zero-order valence-electron chi connectivity index (χ0n) is 22.0. The minimum atomic E-state index is -3.89. The van der Waals surface area contributed by atoms with E-state index in [4.69, 9.17) is 23.2 Å². The molecular weight excluding hydrogens is 557 g/mol. The molecule has 0 heterocycles. The molecule has 0 aliphatic heterocycles. The fraction of sp³-hybridized carbons (Fsp3) is 0.310. The van der Waals surface area contributed by atoms with Crippen LogP contribution in [0.1, 0.15) is 30.9 Å². The summed E-state index contributed by atoms with van der Waals surface area (Å²) in [6.45, 7) is 2.11. The van der Waals surface area contributed by atoms with Crippen molar-refractivity contribution in [2.45, 2.75) is 38.8 Å². The lowest BCUT2D eigenvalue weighted by atomic mass is 10.0. The summed E-state index contributed by atoms with van der Waals surface area (Å²) in [4.78, 5) is 29.0. The van der Waals surface area contributed by atoms with Crippen LogP contribution in [0.25, 0.3) is 0 Å². The van der Waals surface area contributed by atoms with Crippen molar-refractivity contribution >= 4 is 50.7 Å². The molecule has 39 heavy (non-hydrogen) atoms. The fourth-order valence-electron chi connectivity index (χ4n) is 4.09. The Hall–Kier alpha value is -3.07. The average Bonchev–Trinajstić information content (AvgIpc) is 2.91. The summed E-state index contributed by atoms with van der Waals surface area (Å²) < 4.78 is 26.6. The van der Waals surface area contributed by atoms with E-state index in [9.17, 15) is 18.0 Å². The van der Waals surface area contributed by atoms with Crippen LogP contribution >= 0.6 is 23.2 Å². The Labute approximate surface area is 240 Å². The zero-order chi connectivity index (χ0) is 28.4. The standard InChI is InChI=1S/C29H33Cl2N3O4S/c1-3-4-17-32-29(36)27(18-22-11-7-5-8-12-22)33(20-23-13-9-6-10-14-23)28(35)21-34(39(2,37)38)24-15-16-25(30)26(31)19-24/h5-16,19,27H,3-4,17-18,20-21H2,1-2H3,(H,32,36). The molecule has 0 saturated heterocycles. The maximum absolute atomic E-state index is 14.0. The summed E-state index contributed by atoms with van der Waals surface area (Å²) in [5, 5.41) is 3.38. The van der Waals surface area contributed by atoms with Crippen LogP contribution in [0.2, 0.25) is 10.0 Å². The third kappa shape index (κ3) is 8.98. The lowest BCUT2D eigenvalue weighted by molar-refractivity contribution is -0.140. The van der Waals surface area contributed by atoms with Crippen molar-refractivity contribution in [3.8, 4) is 0 Å². The SMILES string of the molecule is CCCCNC(=O)C(Cc1ccccc1)N(Cc1ccccc1)C(=O)CN(c1ccc(Cl)c(Cl)c1)S(C)(=O)=O. The molecule has 0 aliphatic carbocycles. The quantitative estimate of drug-likeness (QED) is 0.273. The number of amides is 2. The van der Waals surface area contributed by atoms with Gasteiger partial charge in [-0.1, -0.05) is 97.2 Å². The van der Waals surface area contributed by atoms with Crippen LogP contribution in [-0.2, 0) is 32.6 Å². The summed E-state index contributed by atoms with van der Waals surface area (Å²) in [7, 11) is -3.89. The maximum Gasteiger partial charge on any atom is 0.244 e. The van der Waals surface area contributed by atoms with Gasteiger partial charge in [-0.05, 0) is 35.7 Å². The molecule has 0 aliphatic rings. The van der Waals surface area contributed by atoms with E-state index in [0.29, 0.717) is 6.54 Å². The van der Waals surface area contributed by atoms with E-state index in [1.807, 2.05) is 67.6 Å². The smallest absolute Gasteiger partial charge is 0.244 e. The van der Waals surface area contributed by atoms with Gasteiger partial charge in [0.05, 0.1) is 22.0 Å². The molecule has 0 saturated carbocycles. The molecule has 1 atom stereocenters. The molecule has 0 radical (unpaired) electrons. The Morgan fingerprint density at radius 3 is 2.08 bits per heavy atom. The van der Waals surface area contributed by atoms with Crippen molar-refractivity contribution in [3.05, 3.63) is 100 Å². The molecule has 3 rings (SSSR count). The third-order valence-corrected chi connectivity index (χ3v) is 8.05. The van der Waals surface area contributed by atoms with E-state index in [2.05, 4.69) is 5.32 Å². The molecule has 0 fully saturated rings. The van der Waals surface area contributed by atoms with Gasteiger partial charge in [-0.3, -0.25) is 13.9 Å². The maximum atomic E-state index is 14.0. The highest BCUT2D eigenvalue weighted by Crippen LogP contribution is 2.28. The highest BCUT2D eigenvalue weighted by molar-refractivity contribution is 7.92. The Morgan fingerprint density at radius 2 is 1.51 bits per heavy atom. The number of hydrogen-bond donors (Lipinski definition) is 1. The van der Waals surface area contributed by atoms with E-state index in [0.717, 1.165) is 34.5 Å². The Bertz CT molecular complexity index is 1360. The number of carbonyl (C=O) groups excluding carboxylic acids is 2. The fourth-order valence-corrected chi connectivity index (χ4v) is 5.23.